The van der Waals surface area contributed by atoms with Gasteiger partial charge >= 0.3 is 11.9 Å². The molecule has 0 aliphatic carbocycles. The fourth-order valence-corrected chi connectivity index (χ4v) is 4.13. The topological polar surface area (TPSA) is 78.9 Å². The van der Waals surface area contributed by atoms with Crippen molar-refractivity contribution in [3.63, 3.8) is 0 Å². The predicted octanol–water partition coefficient (Wildman–Crippen LogP) is 5.22. The highest BCUT2D eigenvalue weighted by Crippen LogP contribution is 2.32. The highest BCUT2D eigenvalue weighted by molar-refractivity contribution is 6.00. The third kappa shape index (κ3) is 6.26. The quantitative estimate of drug-likeness (QED) is 0.133. The third-order valence-corrected chi connectivity index (χ3v) is 6.13. The van der Waals surface area contributed by atoms with Crippen molar-refractivity contribution in [1.29, 1.82) is 0 Å². The lowest BCUT2D eigenvalue weighted by atomic mass is 9.81. The number of methoxy groups -OCH3 is 3. The SMILES string of the molecule is C=CCC(CC#Cc1c(C=O)cccc1-c1ccccc1C#Cc1ccccc1OC)(C(=O)OC)C(=O)OC. The maximum atomic E-state index is 12.6. The van der Waals surface area contributed by atoms with Crippen molar-refractivity contribution in [3.05, 3.63) is 102 Å². The van der Waals surface area contributed by atoms with E-state index < -0.39 is 17.4 Å². The number of allylic oxidation sites excluding steroid dienone is 1. The van der Waals surface area contributed by atoms with Crippen LogP contribution in [0.2, 0.25) is 0 Å². The molecule has 0 aliphatic heterocycles. The molecule has 3 aromatic carbocycles. The minimum atomic E-state index is -1.67. The van der Waals surface area contributed by atoms with Crippen LogP contribution in [0.5, 0.6) is 5.75 Å². The number of esters is 2. The molecule has 3 rings (SSSR count). The van der Waals surface area contributed by atoms with E-state index >= 15 is 0 Å². The fraction of sp³-hybridized carbons (Fsp3) is 0.182. The van der Waals surface area contributed by atoms with Crippen LogP contribution in [-0.4, -0.2) is 39.6 Å². The summed E-state index contributed by atoms with van der Waals surface area (Å²) < 4.78 is 15.2. The average Bonchev–Trinajstić information content (AvgIpc) is 2.98. The van der Waals surface area contributed by atoms with Crippen LogP contribution in [0.4, 0.5) is 0 Å². The van der Waals surface area contributed by atoms with E-state index in [-0.39, 0.29) is 12.8 Å². The van der Waals surface area contributed by atoms with Crippen molar-refractivity contribution in [2.75, 3.05) is 21.3 Å². The van der Waals surface area contributed by atoms with Gasteiger partial charge < -0.3 is 14.2 Å². The van der Waals surface area contributed by atoms with Gasteiger partial charge in [-0.1, -0.05) is 78.3 Å². The van der Waals surface area contributed by atoms with E-state index in [2.05, 4.69) is 30.3 Å². The number of benzene rings is 3. The van der Waals surface area contributed by atoms with E-state index in [0.29, 0.717) is 28.7 Å². The molecule has 6 heteroatoms. The Hall–Kier alpha value is -5.07. The first-order chi connectivity index (χ1) is 18.9. The van der Waals surface area contributed by atoms with Gasteiger partial charge in [-0.15, -0.1) is 6.58 Å². The number of hydrogen-bond donors (Lipinski definition) is 0. The zero-order valence-corrected chi connectivity index (χ0v) is 22.1. The van der Waals surface area contributed by atoms with E-state index in [1.807, 2.05) is 54.6 Å². The highest BCUT2D eigenvalue weighted by atomic mass is 16.5. The molecule has 3 aromatic rings. The van der Waals surface area contributed by atoms with Gasteiger partial charge in [0.2, 0.25) is 0 Å². The molecule has 39 heavy (non-hydrogen) atoms. The molecule has 0 spiro atoms. The fourth-order valence-electron chi connectivity index (χ4n) is 4.13. The monoisotopic (exact) mass is 520 g/mol. The molecule has 0 N–H and O–H groups in total. The minimum absolute atomic E-state index is 0.0232. The second-order valence-corrected chi connectivity index (χ2v) is 8.42. The Kier molecular flexibility index (Phi) is 9.84. The Balaban J connectivity index is 2.13. The van der Waals surface area contributed by atoms with E-state index in [1.54, 1.807) is 19.2 Å². The number of carbonyl (C=O) groups is 3. The van der Waals surface area contributed by atoms with E-state index in [4.69, 9.17) is 14.2 Å². The maximum Gasteiger partial charge on any atom is 0.324 e. The van der Waals surface area contributed by atoms with Crippen molar-refractivity contribution in [2.24, 2.45) is 5.41 Å². The van der Waals surface area contributed by atoms with Gasteiger partial charge in [0.25, 0.3) is 0 Å². The molecule has 0 atom stereocenters. The molecule has 0 saturated heterocycles. The molecule has 0 radical (unpaired) electrons. The Morgan fingerprint density at radius 3 is 2.08 bits per heavy atom. The van der Waals surface area contributed by atoms with E-state index in [1.165, 1.54) is 20.3 Å². The summed E-state index contributed by atoms with van der Waals surface area (Å²) in [7, 11) is 3.98. The van der Waals surface area contributed by atoms with Crippen molar-refractivity contribution < 1.29 is 28.6 Å². The number of aldehydes is 1. The molecule has 0 bridgehead atoms. The second-order valence-electron chi connectivity index (χ2n) is 8.42. The van der Waals surface area contributed by atoms with Gasteiger partial charge in [-0.2, -0.15) is 0 Å². The number of carbonyl (C=O) groups excluding carboxylic acids is 3. The third-order valence-electron chi connectivity index (χ3n) is 6.13. The van der Waals surface area contributed by atoms with Crippen LogP contribution in [0.3, 0.4) is 0 Å². The maximum absolute atomic E-state index is 12.6. The van der Waals surface area contributed by atoms with Crippen molar-refractivity contribution >= 4 is 18.2 Å². The normalized spacial score (nSPS) is 10.1. The first kappa shape index (κ1) is 28.5. The van der Waals surface area contributed by atoms with Crippen LogP contribution in [0.25, 0.3) is 11.1 Å². The molecule has 0 unspecified atom stereocenters. The summed E-state index contributed by atoms with van der Waals surface area (Å²) in [6, 6.07) is 20.3. The summed E-state index contributed by atoms with van der Waals surface area (Å²) in [4.78, 5) is 37.3. The molecular formula is C33H28O6. The molecule has 0 fully saturated rings. The van der Waals surface area contributed by atoms with E-state index in [9.17, 15) is 14.4 Å². The molecule has 196 valence electrons. The van der Waals surface area contributed by atoms with Gasteiger partial charge in [-0.25, -0.2) is 0 Å². The van der Waals surface area contributed by atoms with Gasteiger partial charge in [0.15, 0.2) is 11.7 Å². The number of para-hydroxylation sites is 1. The average molecular weight is 521 g/mol. The molecule has 0 aromatic heterocycles. The summed E-state index contributed by atoms with van der Waals surface area (Å²) in [5.41, 5.74) is 2.04. The van der Waals surface area contributed by atoms with Gasteiger partial charge in [-0.3, -0.25) is 14.4 Å². The summed E-state index contributed by atoms with van der Waals surface area (Å²) >= 11 is 0. The van der Waals surface area contributed by atoms with Crippen LogP contribution >= 0.6 is 0 Å². The van der Waals surface area contributed by atoms with E-state index in [0.717, 1.165) is 16.7 Å². The van der Waals surface area contributed by atoms with Crippen molar-refractivity contribution in [1.82, 2.24) is 0 Å². The first-order valence-corrected chi connectivity index (χ1v) is 12.0. The van der Waals surface area contributed by atoms with Crippen LogP contribution in [-0.2, 0) is 19.1 Å². The molecule has 0 amide bonds. The summed E-state index contributed by atoms with van der Waals surface area (Å²) in [5, 5.41) is 0. The smallest absolute Gasteiger partial charge is 0.324 e. The number of hydrogen-bond acceptors (Lipinski definition) is 6. The molecular weight excluding hydrogens is 492 g/mol. The summed E-state index contributed by atoms with van der Waals surface area (Å²) in [6.45, 7) is 3.66. The zero-order chi connectivity index (χ0) is 28.3. The molecule has 0 aliphatic rings. The first-order valence-electron chi connectivity index (χ1n) is 12.0. The zero-order valence-electron chi connectivity index (χ0n) is 22.1. The van der Waals surface area contributed by atoms with Crippen LogP contribution in [0, 0.1) is 29.1 Å². The van der Waals surface area contributed by atoms with Crippen molar-refractivity contribution in [3.8, 4) is 40.6 Å². The van der Waals surface area contributed by atoms with Gasteiger partial charge in [-0.05, 0) is 35.7 Å². The standard InChI is InChI=1S/C33H28O6/c1-5-21-33(31(35)38-3,32(36)39-4)22-11-17-28-26(23-34)14-10-16-29(28)27-15-8-6-12-24(27)19-20-25-13-7-9-18-30(25)37-2/h5-10,12-16,18,23H,1,21-22H2,2-4H3. The molecule has 0 heterocycles. The Bertz CT molecular complexity index is 1490. The predicted molar refractivity (Wildman–Crippen MR) is 149 cm³/mol. The molecule has 6 nitrogen and oxygen atoms in total. The van der Waals surface area contributed by atoms with Crippen LogP contribution in [0.15, 0.2) is 79.4 Å². The summed E-state index contributed by atoms with van der Waals surface area (Å²) in [6.07, 6.45) is 1.94. The van der Waals surface area contributed by atoms with Crippen molar-refractivity contribution in [2.45, 2.75) is 12.8 Å². The lowest BCUT2D eigenvalue weighted by Crippen LogP contribution is -2.40. The summed E-state index contributed by atoms with van der Waals surface area (Å²) in [5.74, 6) is 11.4. The highest BCUT2D eigenvalue weighted by Gasteiger charge is 2.47. The number of ether oxygens (including phenoxy) is 3. The molecule has 0 saturated carbocycles. The Morgan fingerprint density at radius 1 is 0.821 bits per heavy atom. The largest absolute Gasteiger partial charge is 0.495 e. The minimum Gasteiger partial charge on any atom is -0.495 e. The second kappa shape index (κ2) is 13.5. The van der Waals surface area contributed by atoms with Crippen LogP contribution < -0.4 is 4.74 Å². The lowest BCUT2D eigenvalue weighted by molar-refractivity contribution is -0.168. The Morgan fingerprint density at radius 2 is 1.44 bits per heavy atom. The Labute approximate surface area is 228 Å². The van der Waals surface area contributed by atoms with Gasteiger partial charge in [0.1, 0.15) is 5.75 Å². The van der Waals surface area contributed by atoms with Gasteiger partial charge in [0.05, 0.1) is 26.9 Å². The van der Waals surface area contributed by atoms with Gasteiger partial charge in [0, 0.05) is 23.1 Å². The lowest BCUT2D eigenvalue weighted by Gasteiger charge is -2.24. The number of rotatable bonds is 8. The van der Waals surface area contributed by atoms with Crippen LogP contribution in [0.1, 0.15) is 39.9 Å².